The Bertz CT molecular complexity index is 392. The van der Waals surface area contributed by atoms with E-state index in [1.807, 2.05) is 6.07 Å². The lowest BCUT2D eigenvalue weighted by Gasteiger charge is -2.41. The van der Waals surface area contributed by atoms with E-state index in [-0.39, 0.29) is 11.5 Å². The van der Waals surface area contributed by atoms with Crippen molar-refractivity contribution in [2.45, 2.75) is 32.9 Å². The van der Waals surface area contributed by atoms with Crippen LogP contribution in [0.2, 0.25) is 0 Å². The van der Waals surface area contributed by atoms with Gasteiger partial charge in [0.1, 0.15) is 0 Å². The number of rotatable bonds is 2. The van der Waals surface area contributed by atoms with E-state index in [9.17, 15) is 5.11 Å². The number of hydrogen-bond acceptors (Lipinski definition) is 2. The summed E-state index contributed by atoms with van der Waals surface area (Å²) in [4.78, 5) is 2.43. The highest BCUT2D eigenvalue weighted by Crippen LogP contribution is 2.30. The number of nitrogens with zero attached hydrogens (tertiary/aromatic N) is 1. The molecule has 2 rings (SSSR count). The van der Waals surface area contributed by atoms with E-state index in [1.165, 1.54) is 5.56 Å². The number of aliphatic hydroxyl groups excluding tert-OH is 1. The van der Waals surface area contributed by atoms with Gasteiger partial charge in [-0.2, -0.15) is 0 Å². The van der Waals surface area contributed by atoms with Gasteiger partial charge in [-0.3, -0.25) is 4.90 Å². The molecule has 1 N–H and O–H groups in total. The van der Waals surface area contributed by atoms with Gasteiger partial charge >= 0.3 is 0 Å². The van der Waals surface area contributed by atoms with Crippen LogP contribution in [0.3, 0.4) is 0 Å². The monoisotopic (exact) mass is 297 g/mol. The molecule has 1 saturated heterocycles. The largest absolute Gasteiger partial charge is 0.392 e. The molecular weight excluding hydrogens is 278 g/mol. The van der Waals surface area contributed by atoms with Crippen LogP contribution in [0.5, 0.6) is 0 Å². The fourth-order valence-corrected chi connectivity index (χ4v) is 2.93. The molecule has 0 aromatic heterocycles. The van der Waals surface area contributed by atoms with Gasteiger partial charge in [-0.05, 0) is 24.1 Å². The van der Waals surface area contributed by atoms with Crippen molar-refractivity contribution in [3.05, 3.63) is 34.3 Å². The third-order valence-corrected chi connectivity index (χ3v) is 4.04. The van der Waals surface area contributed by atoms with Gasteiger partial charge < -0.3 is 5.11 Å². The molecule has 2 nitrogen and oxygen atoms in total. The Kier molecular flexibility index (Phi) is 3.91. The Morgan fingerprint density at radius 3 is 2.88 bits per heavy atom. The Hall–Kier alpha value is -0.380. The summed E-state index contributed by atoms with van der Waals surface area (Å²) in [7, 11) is 0. The first-order valence-corrected chi connectivity index (χ1v) is 6.91. The summed E-state index contributed by atoms with van der Waals surface area (Å²) < 4.78 is 1.13. The van der Waals surface area contributed by atoms with Gasteiger partial charge in [-0.25, -0.2) is 0 Å². The molecule has 17 heavy (non-hydrogen) atoms. The number of aliphatic hydroxyl groups is 1. The van der Waals surface area contributed by atoms with E-state index in [2.05, 4.69) is 52.9 Å². The highest BCUT2D eigenvalue weighted by atomic mass is 79.9. The van der Waals surface area contributed by atoms with E-state index >= 15 is 0 Å². The van der Waals surface area contributed by atoms with Crippen LogP contribution >= 0.6 is 15.9 Å². The van der Waals surface area contributed by atoms with Crippen LogP contribution in [0, 0.1) is 5.41 Å². The van der Waals surface area contributed by atoms with Gasteiger partial charge in [0.2, 0.25) is 0 Å². The Labute approximate surface area is 112 Å². The van der Waals surface area contributed by atoms with Crippen molar-refractivity contribution >= 4 is 15.9 Å². The molecule has 1 atom stereocenters. The first-order chi connectivity index (χ1) is 7.97. The lowest BCUT2D eigenvalue weighted by Crippen LogP contribution is -2.48. The molecule has 0 aliphatic carbocycles. The molecule has 94 valence electrons. The molecular formula is C14H20BrNO. The SMILES string of the molecule is CC1(C)CN(Cc2cccc(Br)c2)CCC1O. The van der Waals surface area contributed by atoms with Crippen LogP contribution in [0.1, 0.15) is 25.8 Å². The number of likely N-dealkylation sites (tertiary alicyclic amines) is 1. The van der Waals surface area contributed by atoms with Gasteiger partial charge in [-0.1, -0.05) is 41.9 Å². The predicted octanol–water partition coefficient (Wildman–Crippen LogP) is 3.04. The maximum Gasteiger partial charge on any atom is 0.0615 e. The van der Waals surface area contributed by atoms with Crippen molar-refractivity contribution in [3.8, 4) is 0 Å². The average molecular weight is 298 g/mol. The standard InChI is InChI=1S/C14H20BrNO/c1-14(2)10-16(7-6-13(14)17)9-11-4-3-5-12(15)8-11/h3-5,8,13,17H,6-7,9-10H2,1-2H3. The minimum absolute atomic E-state index is 0.00423. The van der Waals surface area contributed by atoms with Gasteiger partial charge in [0.05, 0.1) is 6.10 Å². The molecule has 0 saturated carbocycles. The summed E-state index contributed by atoms with van der Waals surface area (Å²) in [5.41, 5.74) is 1.33. The maximum absolute atomic E-state index is 9.93. The van der Waals surface area contributed by atoms with Crippen LogP contribution in [-0.4, -0.2) is 29.2 Å². The first-order valence-electron chi connectivity index (χ1n) is 6.12. The van der Waals surface area contributed by atoms with Crippen LogP contribution in [0.4, 0.5) is 0 Å². The third-order valence-electron chi connectivity index (χ3n) is 3.55. The molecule has 1 aliphatic rings. The smallest absolute Gasteiger partial charge is 0.0615 e. The van der Waals surface area contributed by atoms with Gasteiger partial charge in [0.25, 0.3) is 0 Å². The molecule has 1 aliphatic heterocycles. The Balaban J connectivity index is 2.01. The van der Waals surface area contributed by atoms with Crippen LogP contribution < -0.4 is 0 Å². The summed E-state index contributed by atoms with van der Waals surface area (Å²) in [5, 5.41) is 9.93. The Morgan fingerprint density at radius 1 is 1.47 bits per heavy atom. The quantitative estimate of drug-likeness (QED) is 0.907. The molecule has 0 spiro atoms. The topological polar surface area (TPSA) is 23.5 Å². The lowest BCUT2D eigenvalue weighted by atomic mass is 9.81. The zero-order valence-electron chi connectivity index (χ0n) is 10.5. The summed E-state index contributed by atoms with van der Waals surface area (Å²) in [5.74, 6) is 0. The van der Waals surface area contributed by atoms with Crippen LogP contribution in [0.15, 0.2) is 28.7 Å². The number of hydrogen-bond donors (Lipinski definition) is 1. The number of halogens is 1. The fourth-order valence-electron chi connectivity index (χ4n) is 2.48. The highest BCUT2D eigenvalue weighted by Gasteiger charge is 2.34. The molecule has 1 aromatic carbocycles. The second-order valence-corrected chi connectivity index (χ2v) is 6.55. The molecule has 3 heteroatoms. The summed E-state index contributed by atoms with van der Waals surface area (Å²) in [6, 6.07) is 8.44. The summed E-state index contributed by atoms with van der Waals surface area (Å²) in [6.07, 6.45) is 0.710. The van der Waals surface area contributed by atoms with E-state index in [0.717, 1.165) is 30.5 Å². The Morgan fingerprint density at radius 2 is 2.24 bits per heavy atom. The molecule has 1 heterocycles. The summed E-state index contributed by atoms with van der Waals surface area (Å²) in [6.45, 7) is 7.20. The van der Waals surface area contributed by atoms with Crippen molar-refractivity contribution in [3.63, 3.8) is 0 Å². The lowest BCUT2D eigenvalue weighted by molar-refractivity contribution is -0.0270. The van der Waals surface area contributed by atoms with E-state index < -0.39 is 0 Å². The van der Waals surface area contributed by atoms with Crippen molar-refractivity contribution < 1.29 is 5.11 Å². The molecule has 0 amide bonds. The van der Waals surface area contributed by atoms with Crippen LogP contribution in [-0.2, 0) is 6.54 Å². The first kappa shape index (κ1) is 13.1. The number of piperidine rings is 1. The van der Waals surface area contributed by atoms with E-state index in [1.54, 1.807) is 0 Å². The van der Waals surface area contributed by atoms with Crippen molar-refractivity contribution in [1.82, 2.24) is 4.90 Å². The fraction of sp³-hybridized carbons (Fsp3) is 0.571. The highest BCUT2D eigenvalue weighted by molar-refractivity contribution is 9.10. The van der Waals surface area contributed by atoms with Gasteiger partial charge in [0.15, 0.2) is 0 Å². The van der Waals surface area contributed by atoms with Gasteiger partial charge in [-0.15, -0.1) is 0 Å². The predicted molar refractivity (Wildman–Crippen MR) is 73.8 cm³/mol. The summed E-state index contributed by atoms with van der Waals surface area (Å²) >= 11 is 3.50. The van der Waals surface area contributed by atoms with E-state index in [0.29, 0.717) is 0 Å². The zero-order valence-corrected chi connectivity index (χ0v) is 12.1. The minimum Gasteiger partial charge on any atom is -0.392 e. The van der Waals surface area contributed by atoms with Crippen molar-refractivity contribution in [2.75, 3.05) is 13.1 Å². The molecule has 1 unspecified atom stereocenters. The zero-order chi connectivity index (χ0) is 12.5. The average Bonchev–Trinajstić information content (AvgIpc) is 2.23. The normalized spacial score (nSPS) is 24.8. The molecule has 1 aromatic rings. The molecule has 0 bridgehead atoms. The second kappa shape index (κ2) is 5.09. The van der Waals surface area contributed by atoms with Crippen molar-refractivity contribution in [1.29, 1.82) is 0 Å². The molecule has 0 radical (unpaired) electrons. The van der Waals surface area contributed by atoms with E-state index in [4.69, 9.17) is 0 Å². The van der Waals surface area contributed by atoms with Crippen molar-refractivity contribution in [2.24, 2.45) is 5.41 Å². The number of benzene rings is 1. The minimum atomic E-state index is -0.166. The second-order valence-electron chi connectivity index (χ2n) is 5.63. The maximum atomic E-state index is 9.93. The van der Waals surface area contributed by atoms with Gasteiger partial charge in [0, 0.05) is 29.5 Å². The third kappa shape index (κ3) is 3.30. The molecule has 1 fully saturated rings. The van der Waals surface area contributed by atoms with Crippen LogP contribution in [0.25, 0.3) is 0 Å².